The first kappa shape index (κ1) is 22.2. The zero-order valence-corrected chi connectivity index (χ0v) is 19.2. The highest BCUT2D eigenvalue weighted by molar-refractivity contribution is 8.10. The van der Waals surface area contributed by atoms with Gasteiger partial charge in [0.15, 0.2) is 0 Å². The minimum Gasteiger partial charge on any atom is -0.342 e. The molecule has 0 aromatic heterocycles. The molecule has 4 fully saturated rings. The Kier molecular flexibility index (Phi) is 8.42. The largest absolute Gasteiger partial charge is 0.342 e. The van der Waals surface area contributed by atoms with Crippen LogP contribution in [0.15, 0.2) is 4.99 Å². The van der Waals surface area contributed by atoms with Crippen LogP contribution in [0.5, 0.6) is 0 Å². The summed E-state index contributed by atoms with van der Waals surface area (Å²) in [6.45, 7) is 0. The van der Waals surface area contributed by atoms with Gasteiger partial charge in [0, 0.05) is 17.4 Å². The highest BCUT2D eigenvalue weighted by Gasteiger charge is 2.48. The fraction of sp³-hybridized carbons (Fsp3) is 0.960. The molecule has 4 aliphatic rings. The smallest absolute Gasteiger partial charge is 0.200 e. The van der Waals surface area contributed by atoms with E-state index >= 15 is 0 Å². The Morgan fingerprint density at radius 2 is 1.00 bits per heavy atom. The van der Waals surface area contributed by atoms with Gasteiger partial charge in [0.1, 0.15) is 7.57 Å². The Morgan fingerprint density at radius 1 is 0.586 bits per heavy atom. The van der Waals surface area contributed by atoms with E-state index in [0.717, 1.165) is 17.4 Å². The third kappa shape index (κ3) is 5.61. The van der Waals surface area contributed by atoms with Crippen molar-refractivity contribution in [2.24, 2.45) is 4.99 Å². The van der Waals surface area contributed by atoms with Crippen LogP contribution in [0.3, 0.4) is 0 Å². The van der Waals surface area contributed by atoms with Crippen LogP contribution in [0, 0.1) is 0 Å². The molecule has 29 heavy (non-hydrogen) atoms. The molecule has 4 aliphatic carbocycles. The molecule has 0 aromatic rings. The lowest BCUT2D eigenvalue weighted by Crippen LogP contribution is -2.44. The summed E-state index contributed by atoms with van der Waals surface area (Å²) in [5.41, 5.74) is 3.88. The Hall–Kier alpha value is -0.0351. The van der Waals surface area contributed by atoms with E-state index in [0.29, 0.717) is 13.6 Å². The first-order chi connectivity index (χ1) is 14.3. The quantitative estimate of drug-likeness (QED) is 0.232. The normalized spacial score (nSPS) is 27.8. The molecule has 4 saturated carbocycles. The molecule has 0 amide bonds. The summed E-state index contributed by atoms with van der Waals surface area (Å²) in [7, 11) is -0.664. The Bertz CT molecular complexity index is 495. The van der Waals surface area contributed by atoms with E-state index in [-0.39, 0.29) is 0 Å². The van der Waals surface area contributed by atoms with E-state index in [9.17, 15) is 0 Å². The molecule has 0 radical (unpaired) electrons. The highest BCUT2D eigenvalue weighted by Crippen LogP contribution is 2.69. The summed E-state index contributed by atoms with van der Waals surface area (Å²) < 4.78 is 0. The zero-order valence-electron chi connectivity index (χ0n) is 18.3. The predicted molar refractivity (Wildman–Crippen MR) is 135 cm³/mol. The average Bonchev–Trinajstić information content (AvgIpc) is 2.81. The molecule has 1 N–H and O–H groups in total. The third-order valence-electron chi connectivity index (χ3n) is 8.00. The first-order valence-corrected chi connectivity index (χ1v) is 14.5. The maximum atomic E-state index is 5.77. The number of aliphatic imine (C=N–C) groups is 1. The SMILES string of the molecule is [BH3-][P+](C(=NC1CCCCC1)NC1CCCCC1)(C1CCCCC1)C1CCCCC1. The molecule has 2 nitrogen and oxygen atoms in total. The molecule has 0 spiro atoms. The molecular formula is C25H48BN2P. The lowest BCUT2D eigenvalue weighted by atomic mass is 9.95. The zero-order chi connectivity index (χ0) is 19.9. The molecule has 0 heterocycles. The van der Waals surface area contributed by atoms with Gasteiger partial charge >= 0.3 is 0 Å². The van der Waals surface area contributed by atoms with E-state index in [1.54, 1.807) is 31.3 Å². The van der Waals surface area contributed by atoms with Crippen LogP contribution in [0.25, 0.3) is 0 Å². The van der Waals surface area contributed by atoms with Gasteiger partial charge in [-0.1, -0.05) is 58.5 Å². The van der Waals surface area contributed by atoms with E-state index < -0.39 is 7.14 Å². The Labute approximate surface area is 182 Å². The van der Waals surface area contributed by atoms with Gasteiger partial charge < -0.3 is 5.32 Å². The van der Waals surface area contributed by atoms with Crippen LogP contribution in [0.2, 0.25) is 0 Å². The van der Waals surface area contributed by atoms with Crippen molar-refractivity contribution >= 4 is 20.3 Å². The van der Waals surface area contributed by atoms with Crippen LogP contribution < -0.4 is 5.32 Å². The summed E-state index contributed by atoms with van der Waals surface area (Å²) in [6.07, 6.45) is 29.6. The first-order valence-electron chi connectivity index (χ1n) is 13.0. The minimum atomic E-state index is -0.975. The van der Waals surface area contributed by atoms with E-state index in [1.807, 2.05) is 0 Å². The van der Waals surface area contributed by atoms with Gasteiger partial charge in [-0.15, -0.1) is 0 Å². The standard InChI is InChI=1S/C25H48BN2P/c26-29(23-17-9-3-10-18-23,24-19-11-4-12-20-24)25(27-21-13-5-1-6-14-21)28-22-15-7-2-8-16-22/h21-24H,1-20H2,26H3,(H,27,28). The van der Waals surface area contributed by atoms with Gasteiger partial charge in [-0.25, -0.2) is 4.99 Å². The number of hydrogen-bond donors (Lipinski definition) is 1. The van der Waals surface area contributed by atoms with Gasteiger partial charge in [0.2, 0.25) is 5.58 Å². The molecule has 0 bridgehead atoms. The molecule has 0 aliphatic heterocycles. The molecule has 0 saturated heterocycles. The fourth-order valence-corrected chi connectivity index (χ4v) is 10.1. The second kappa shape index (κ2) is 11.0. The van der Waals surface area contributed by atoms with Crippen molar-refractivity contribution in [1.29, 1.82) is 0 Å². The van der Waals surface area contributed by atoms with E-state index in [2.05, 4.69) is 5.32 Å². The predicted octanol–water partition coefficient (Wildman–Crippen LogP) is 6.56. The topological polar surface area (TPSA) is 24.4 Å². The van der Waals surface area contributed by atoms with Crippen LogP contribution in [-0.2, 0) is 0 Å². The minimum absolute atomic E-state index is 0.310. The summed E-state index contributed by atoms with van der Waals surface area (Å²) in [5, 5.41) is 4.30. The maximum Gasteiger partial charge on any atom is 0.200 e. The average molecular weight is 418 g/mol. The van der Waals surface area contributed by atoms with Crippen LogP contribution in [-0.4, -0.2) is 36.5 Å². The van der Waals surface area contributed by atoms with Gasteiger partial charge in [0.25, 0.3) is 0 Å². The van der Waals surface area contributed by atoms with Crippen molar-refractivity contribution in [3.8, 4) is 0 Å². The van der Waals surface area contributed by atoms with Crippen molar-refractivity contribution in [2.75, 3.05) is 0 Å². The Morgan fingerprint density at radius 3 is 1.48 bits per heavy atom. The third-order valence-corrected chi connectivity index (χ3v) is 11.3. The lowest BCUT2D eigenvalue weighted by molar-refractivity contribution is 0.409. The van der Waals surface area contributed by atoms with Crippen LogP contribution in [0.4, 0.5) is 0 Å². The molecule has 4 rings (SSSR count). The van der Waals surface area contributed by atoms with Crippen molar-refractivity contribution in [3.05, 3.63) is 0 Å². The monoisotopic (exact) mass is 418 g/mol. The number of rotatable bonds is 5. The molecule has 0 aromatic carbocycles. The van der Waals surface area contributed by atoms with Crippen molar-refractivity contribution in [1.82, 2.24) is 5.32 Å². The summed E-state index contributed by atoms with van der Waals surface area (Å²) in [6, 6.07) is 1.43. The molecule has 4 heteroatoms. The molecular weight excluding hydrogens is 370 g/mol. The fourth-order valence-electron chi connectivity index (χ4n) is 6.35. The van der Waals surface area contributed by atoms with Crippen molar-refractivity contribution in [3.63, 3.8) is 0 Å². The molecule has 166 valence electrons. The van der Waals surface area contributed by atoms with Crippen molar-refractivity contribution < 1.29 is 0 Å². The number of amidine groups is 1. The van der Waals surface area contributed by atoms with E-state index in [4.69, 9.17) is 4.99 Å². The summed E-state index contributed by atoms with van der Waals surface area (Å²) >= 11 is 0. The van der Waals surface area contributed by atoms with E-state index in [1.165, 1.54) is 103 Å². The van der Waals surface area contributed by atoms with Crippen LogP contribution >= 0.6 is 7.14 Å². The molecule has 0 atom stereocenters. The number of hydrogen-bond acceptors (Lipinski definition) is 1. The summed E-state index contributed by atoms with van der Waals surface area (Å²) in [4.78, 5) is 5.77. The second-order valence-electron chi connectivity index (χ2n) is 10.2. The number of nitrogens with zero attached hydrogens (tertiary/aromatic N) is 1. The second-order valence-corrected chi connectivity index (χ2v) is 12.9. The van der Waals surface area contributed by atoms with Gasteiger partial charge in [-0.3, -0.25) is 0 Å². The van der Waals surface area contributed by atoms with Crippen LogP contribution in [0.1, 0.15) is 128 Å². The number of nitrogens with one attached hydrogen (secondary N) is 1. The van der Waals surface area contributed by atoms with Gasteiger partial charge in [-0.2, -0.15) is 0 Å². The summed E-state index contributed by atoms with van der Waals surface area (Å²) in [5.74, 6) is 0. The molecule has 0 unspecified atom stereocenters. The highest BCUT2D eigenvalue weighted by atomic mass is 31.2. The van der Waals surface area contributed by atoms with Gasteiger partial charge in [-0.05, 0) is 77.0 Å². The maximum absolute atomic E-state index is 5.77. The van der Waals surface area contributed by atoms with Gasteiger partial charge in [0.05, 0.1) is 6.04 Å². The van der Waals surface area contributed by atoms with Crippen molar-refractivity contribution in [2.45, 2.75) is 152 Å². The lowest BCUT2D eigenvalue weighted by Gasteiger charge is -2.48. The Balaban J connectivity index is 1.64.